The van der Waals surface area contributed by atoms with E-state index in [-0.39, 0.29) is 4.90 Å². The zero-order chi connectivity index (χ0) is 16.4. The fourth-order valence-corrected chi connectivity index (χ4v) is 2.90. The Hall–Kier alpha value is -2.45. The lowest BCUT2D eigenvalue weighted by atomic mass is 10.1. The first-order chi connectivity index (χ1) is 10.9. The number of nitrogens with one attached hydrogen (secondary N) is 2. The second-order valence-corrected chi connectivity index (χ2v) is 6.86. The maximum atomic E-state index is 11.2. The lowest BCUT2D eigenvalue weighted by Crippen LogP contribution is -2.12. The summed E-state index contributed by atoms with van der Waals surface area (Å²) in [6, 6.07) is 8.56. The zero-order valence-electron chi connectivity index (χ0n) is 12.6. The average molecular weight is 331 g/mol. The van der Waals surface area contributed by atoms with E-state index in [0.29, 0.717) is 6.54 Å². The van der Waals surface area contributed by atoms with Gasteiger partial charge in [-0.1, -0.05) is 12.1 Å². The van der Waals surface area contributed by atoms with Crippen LogP contribution in [0.25, 0.3) is 11.0 Å². The number of aromatic amines is 1. The first-order valence-electron chi connectivity index (χ1n) is 7.09. The first-order valence-corrected chi connectivity index (χ1v) is 8.64. The standard InChI is InChI=1S/C15H17N5O2S/c1-10-8-13-14(18-9-19-15(13)20-10)17-7-6-11-2-4-12(5-3-11)23(16,21)22/h2-5,8-9H,6-7H2,1H3,(H2,16,21,22)(H2,17,18,19,20). The lowest BCUT2D eigenvalue weighted by molar-refractivity contribution is 0.598. The molecule has 4 N–H and O–H groups in total. The van der Waals surface area contributed by atoms with Crippen molar-refractivity contribution in [2.24, 2.45) is 5.14 Å². The van der Waals surface area contributed by atoms with E-state index in [4.69, 9.17) is 5.14 Å². The highest BCUT2D eigenvalue weighted by molar-refractivity contribution is 7.89. The quantitative estimate of drug-likeness (QED) is 0.656. The van der Waals surface area contributed by atoms with Crippen LogP contribution in [0.5, 0.6) is 0 Å². The molecule has 23 heavy (non-hydrogen) atoms. The highest BCUT2D eigenvalue weighted by atomic mass is 32.2. The number of aryl methyl sites for hydroxylation is 1. The molecule has 0 unspecified atom stereocenters. The minimum absolute atomic E-state index is 0.120. The molecule has 0 fully saturated rings. The first kappa shape index (κ1) is 15.4. The molecule has 2 heterocycles. The molecule has 0 aliphatic heterocycles. The van der Waals surface area contributed by atoms with Gasteiger partial charge in [0.15, 0.2) is 0 Å². The number of rotatable bonds is 5. The molecule has 0 bridgehead atoms. The smallest absolute Gasteiger partial charge is 0.238 e. The number of sulfonamides is 1. The van der Waals surface area contributed by atoms with E-state index in [1.807, 2.05) is 13.0 Å². The van der Waals surface area contributed by atoms with Crippen molar-refractivity contribution in [2.75, 3.05) is 11.9 Å². The third-order valence-electron chi connectivity index (χ3n) is 3.52. The van der Waals surface area contributed by atoms with Crippen LogP contribution < -0.4 is 10.5 Å². The van der Waals surface area contributed by atoms with Crippen molar-refractivity contribution in [3.63, 3.8) is 0 Å². The minimum Gasteiger partial charge on any atom is -0.369 e. The van der Waals surface area contributed by atoms with Crippen LogP contribution in [0, 0.1) is 6.92 Å². The Morgan fingerprint density at radius 3 is 2.65 bits per heavy atom. The number of aromatic nitrogens is 3. The Bertz CT molecular complexity index is 932. The van der Waals surface area contributed by atoms with Gasteiger partial charge in [-0.3, -0.25) is 0 Å². The van der Waals surface area contributed by atoms with Gasteiger partial charge in [-0.25, -0.2) is 23.5 Å². The largest absolute Gasteiger partial charge is 0.369 e. The molecule has 120 valence electrons. The van der Waals surface area contributed by atoms with Crippen LogP contribution in [0.4, 0.5) is 5.82 Å². The maximum Gasteiger partial charge on any atom is 0.238 e. The van der Waals surface area contributed by atoms with Crippen molar-refractivity contribution in [2.45, 2.75) is 18.2 Å². The fourth-order valence-electron chi connectivity index (χ4n) is 2.38. The normalized spacial score (nSPS) is 11.7. The van der Waals surface area contributed by atoms with Gasteiger partial charge in [0.2, 0.25) is 10.0 Å². The van der Waals surface area contributed by atoms with E-state index >= 15 is 0 Å². The van der Waals surface area contributed by atoms with Crippen LogP contribution in [0.1, 0.15) is 11.3 Å². The second-order valence-electron chi connectivity index (χ2n) is 5.30. The summed E-state index contributed by atoms with van der Waals surface area (Å²) in [6.45, 7) is 2.64. The van der Waals surface area contributed by atoms with Gasteiger partial charge in [-0.2, -0.15) is 0 Å². The molecule has 0 aliphatic rings. The van der Waals surface area contributed by atoms with Crippen LogP contribution in [0.15, 0.2) is 41.6 Å². The SMILES string of the molecule is Cc1cc2c(NCCc3ccc(S(N)(=O)=O)cc3)ncnc2[nH]1. The van der Waals surface area contributed by atoms with Crippen molar-refractivity contribution in [1.82, 2.24) is 15.0 Å². The summed E-state index contributed by atoms with van der Waals surface area (Å²) in [6.07, 6.45) is 2.25. The molecule has 0 radical (unpaired) electrons. The zero-order valence-corrected chi connectivity index (χ0v) is 13.4. The van der Waals surface area contributed by atoms with Crippen LogP contribution in [0.3, 0.4) is 0 Å². The molecule has 0 amide bonds. The summed E-state index contributed by atoms with van der Waals surface area (Å²) in [5.74, 6) is 0.778. The van der Waals surface area contributed by atoms with Crippen LogP contribution in [0.2, 0.25) is 0 Å². The van der Waals surface area contributed by atoms with Crippen LogP contribution in [-0.2, 0) is 16.4 Å². The van der Waals surface area contributed by atoms with E-state index in [0.717, 1.165) is 34.5 Å². The summed E-state index contributed by atoms with van der Waals surface area (Å²) in [4.78, 5) is 11.7. The Labute approximate surface area is 134 Å². The van der Waals surface area contributed by atoms with Gasteiger partial charge in [0.05, 0.1) is 10.3 Å². The van der Waals surface area contributed by atoms with Gasteiger partial charge in [0, 0.05) is 12.2 Å². The summed E-state index contributed by atoms with van der Waals surface area (Å²) >= 11 is 0. The van der Waals surface area contributed by atoms with E-state index in [9.17, 15) is 8.42 Å². The number of nitrogens with zero attached hydrogens (tertiary/aromatic N) is 2. The Kier molecular flexibility index (Phi) is 4.01. The molecule has 7 nitrogen and oxygen atoms in total. The van der Waals surface area contributed by atoms with Crippen LogP contribution in [-0.4, -0.2) is 29.9 Å². The van der Waals surface area contributed by atoms with Crippen molar-refractivity contribution >= 4 is 26.9 Å². The summed E-state index contributed by atoms with van der Waals surface area (Å²) in [5, 5.41) is 9.31. The average Bonchev–Trinajstić information content (AvgIpc) is 2.88. The lowest BCUT2D eigenvalue weighted by Gasteiger charge is -2.07. The van der Waals surface area contributed by atoms with Gasteiger partial charge >= 0.3 is 0 Å². The molecule has 0 spiro atoms. The number of benzene rings is 1. The maximum absolute atomic E-state index is 11.2. The highest BCUT2D eigenvalue weighted by Crippen LogP contribution is 2.19. The van der Waals surface area contributed by atoms with Crippen LogP contribution >= 0.6 is 0 Å². The molecule has 2 aromatic heterocycles. The van der Waals surface area contributed by atoms with Crippen molar-refractivity contribution < 1.29 is 8.42 Å². The monoisotopic (exact) mass is 331 g/mol. The van der Waals surface area contributed by atoms with Crippen molar-refractivity contribution in [1.29, 1.82) is 0 Å². The predicted octanol–water partition coefficient (Wildman–Crippen LogP) is 1.57. The number of hydrogen-bond acceptors (Lipinski definition) is 5. The number of fused-ring (bicyclic) bond motifs is 1. The topological polar surface area (TPSA) is 114 Å². The van der Waals surface area contributed by atoms with E-state index < -0.39 is 10.0 Å². The molecule has 3 aromatic rings. The molecule has 0 saturated carbocycles. The summed E-state index contributed by atoms with van der Waals surface area (Å²) in [5.41, 5.74) is 2.85. The Morgan fingerprint density at radius 2 is 1.96 bits per heavy atom. The van der Waals surface area contributed by atoms with Gasteiger partial charge in [-0.05, 0) is 37.1 Å². The number of H-pyrrole nitrogens is 1. The number of anilines is 1. The fraction of sp³-hybridized carbons (Fsp3) is 0.200. The van der Waals surface area contributed by atoms with E-state index in [2.05, 4.69) is 20.3 Å². The van der Waals surface area contributed by atoms with Crippen molar-refractivity contribution in [3.05, 3.63) is 47.9 Å². The Morgan fingerprint density at radius 1 is 1.22 bits per heavy atom. The molecule has 0 aliphatic carbocycles. The number of hydrogen-bond donors (Lipinski definition) is 3. The molecule has 0 saturated heterocycles. The third-order valence-corrected chi connectivity index (χ3v) is 4.45. The van der Waals surface area contributed by atoms with Gasteiger partial charge in [0.1, 0.15) is 17.8 Å². The van der Waals surface area contributed by atoms with Gasteiger partial charge < -0.3 is 10.3 Å². The molecule has 8 heteroatoms. The molecule has 1 aromatic carbocycles. The van der Waals surface area contributed by atoms with Gasteiger partial charge in [-0.15, -0.1) is 0 Å². The molecular formula is C15H17N5O2S. The highest BCUT2D eigenvalue weighted by Gasteiger charge is 2.08. The second kappa shape index (κ2) is 5.98. The van der Waals surface area contributed by atoms with Crippen molar-refractivity contribution in [3.8, 4) is 0 Å². The van der Waals surface area contributed by atoms with E-state index in [1.54, 1.807) is 12.1 Å². The molecule has 3 rings (SSSR count). The Balaban J connectivity index is 1.67. The minimum atomic E-state index is -3.64. The summed E-state index contributed by atoms with van der Waals surface area (Å²) < 4.78 is 22.4. The third kappa shape index (κ3) is 3.49. The van der Waals surface area contributed by atoms with E-state index in [1.165, 1.54) is 18.5 Å². The molecule has 0 atom stereocenters. The summed E-state index contributed by atoms with van der Waals surface area (Å²) in [7, 11) is -3.64. The molecular weight excluding hydrogens is 314 g/mol. The number of nitrogens with two attached hydrogens (primary N) is 1. The van der Waals surface area contributed by atoms with Gasteiger partial charge in [0.25, 0.3) is 0 Å². The number of primary sulfonamides is 1. The predicted molar refractivity (Wildman–Crippen MR) is 88.6 cm³/mol.